The van der Waals surface area contributed by atoms with Crippen molar-refractivity contribution in [2.75, 3.05) is 23.7 Å². The summed E-state index contributed by atoms with van der Waals surface area (Å²) in [5.74, 6) is -1.03. The second-order valence-corrected chi connectivity index (χ2v) is 10.2. The van der Waals surface area contributed by atoms with Crippen molar-refractivity contribution in [1.82, 2.24) is 4.31 Å². The van der Waals surface area contributed by atoms with E-state index in [4.69, 9.17) is 0 Å². The molecule has 0 spiro atoms. The molecule has 0 atom stereocenters. The summed E-state index contributed by atoms with van der Waals surface area (Å²) in [4.78, 5) is 25.7. The molecule has 9 heteroatoms. The Morgan fingerprint density at radius 3 is 2.21 bits per heavy atom. The molecule has 8 nitrogen and oxygen atoms in total. The van der Waals surface area contributed by atoms with Gasteiger partial charge < -0.3 is 15.7 Å². The van der Waals surface area contributed by atoms with Crippen molar-refractivity contribution < 1.29 is 23.1 Å². The molecule has 0 unspecified atom stereocenters. The Bertz CT molecular complexity index is 1360. The lowest BCUT2D eigenvalue weighted by Gasteiger charge is -2.19. The molecule has 0 heterocycles. The maximum absolute atomic E-state index is 13.3. The molecule has 3 aromatic rings. The van der Waals surface area contributed by atoms with Crippen LogP contribution in [0.25, 0.3) is 10.8 Å². The molecular weight excluding hydrogens is 454 g/mol. The van der Waals surface area contributed by atoms with Gasteiger partial charge in [0, 0.05) is 19.0 Å². The highest BCUT2D eigenvalue weighted by atomic mass is 32.2. The highest BCUT2D eigenvalue weighted by Gasteiger charge is 2.30. The highest BCUT2D eigenvalue weighted by molar-refractivity contribution is 7.89. The van der Waals surface area contributed by atoms with Gasteiger partial charge in [-0.1, -0.05) is 38.1 Å². The maximum atomic E-state index is 13.3. The van der Waals surface area contributed by atoms with Gasteiger partial charge in [0.05, 0.1) is 21.8 Å². The number of carbonyl (C=O) groups is 2. The molecule has 3 aromatic carbocycles. The van der Waals surface area contributed by atoms with Crippen LogP contribution < -0.4 is 10.6 Å². The normalized spacial score (nSPS) is 13.7. The van der Waals surface area contributed by atoms with Crippen LogP contribution in [-0.2, 0) is 14.8 Å². The average Bonchev–Trinajstić information content (AvgIpc) is 3.66. The molecule has 0 aromatic heterocycles. The van der Waals surface area contributed by atoms with Crippen LogP contribution in [0.15, 0.2) is 59.5 Å². The summed E-state index contributed by atoms with van der Waals surface area (Å²) in [6, 6.07) is 14.6. The lowest BCUT2D eigenvalue weighted by molar-refractivity contribution is -0.117. The van der Waals surface area contributed by atoms with Crippen molar-refractivity contribution in [2.45, 2.75) is 31.6 Å². The van der Waals surface area contributed by atoms with E-state index in [9.17, 15) is 23.1 Å². The van der Waals surface area contributed by atoms with Crippen LogP contribution in [0.5, 0.6) is 5.75 Å². The predicted molar refractivity (Wildman–Crippen MR) is 131 cm³/mol. The molecule has 34 heavy (non-hydrogen) atoms. The van der Waals surface area contributed by atoms with Gasteiger partial charge in [-0.3, -0.25) is 9.59 Å². The number of sulfonamides is 1. The Balaban J connectivity index is 1.70. The number of rotatable bonds is 8. The average molecular weight is 482 g/mol. The standard InChI is InChI=1S/C25H27N3O5S/c1-3-28(4-2)34(32,33)19-11-12-23(29)22(15-19)27-25(31)20-13-17-7-5-6-8-18(17)14-21(20)26-24(30)16-9-10-16/h5-8,11-16,29H,3-4,9-10H2,1-2H3,(H,26,30)(H,27,31). The van der Waals surface area contributed by atoms with E-state index in [2.05, 4.69) is 10.6 Å². The fourth-order valence-electron chi connectivity index (χ4n) is 3.79. The summed E-state index contributed by atoms with van der Waals surface area (Å²) in [6.07, 6.45) is 1.64. The minimum absolute atomic E-state index is 0.0362. The minimum atomic E-state index is -3.78. The van der Waals surface area contributed by atoms with E-state index in [-0.39, 0.29) is 33.7 Å². The summed E-state index contributed by atoms with van der Waals surface area (Å²) >= 11 is 0. The number of hydrogen-bond acceptors (Lipinski definition) is 5. The first-order valence-electron chi connectivity index (χ1n) is 11.2. The van der Waals surface area contributed by atoms with Crippen LogP contribution in [0.2, 0.25) is 0 Å². The van der Waals surface area contributed by atoms with E-state index in [1.807, 2.05) is 24.3 Å². The molecular formula is C25H27N3O5S. The zero-order valence-electron chi connectivity index (χ0n) is 19.0. The third kappa shape index (κ3) is 4.76. The lowest BCUT2D eigenvalue weighted by Crippen LogP contribution is -2.30. The number of fused-ring (bicyclic) bond motifs is 1. The van der Waals surface area contributed by atoms with E-state index in [1.54, 1.807) is 26.0 Å². The monoisotopic (exact) mass is 481 g/mol. The SMILES string of the molecule is CCN(CC)S(=O)(=O)c1ccc(O)c(NC(=O)c2cc3ccccc3cc2NC(=O)C2CC2)c1. The van der Waals surface area contributed by atoms with E-state index < -0.39 is 15.9 Å². The van der Waals surface area contributed by atoms with Crippen molar-refractivity contribution in [3.63, 3.8) is 0 Å². The molecule has 178 valence electrons. The first-order chi connectivity index (χ1) is 16.2. The molecule has 4 rings (SSSR count). The first-order valence-corrected chi connectivity index (χ1v) is 12.7. The van der Waals surface area contributed by atoms with Gasteiger partial charge in [-0.25, -0.2) is 8.42 Å². The smallest absolute Gasteiger partial charge is 0.257 e. The van der Waals surface area contributed by atoms with Gasteiger partial charge in [-0.2, -0.15) is 4.31 Å². The third-order valence-corrected chi connectivity index (χ3v) is 7.94. The Labute approximate surface area is 198 Å². The Morgan fingerprint density at radius 1 is 0.941 bits per heavy atom. The van der Waals surface area contributed by atoms with Gasteiger partial charge in [0.2, 0.25) is 15.9 Å². The Morgan fingerprint density at radius 2 is 1.59 bits per heavy atom. The molecule has 0 aliphatic heterocycles. The molecule has 1 fully saturated rings. The van der Waals surface area contributed by atoms with Gasteiger partial charge in [-0.05, 0) is 53.9 Å². The van der Waals surface area contributed by atoms with Crippen LogP contribution in [-0.4, -0.2) is 42.7 Å². The molecule has 1 aliphatic carbocycles. The number of aromatic hydroxyl groups is 1. The van der Waals surface area contributed by atoms with E-state index >= 15 is 0 Å². The molecule has 0 saturated heterocycles. The van der Waals surface area contributed by atoms with Gasteiger partial charge in [0.15, 0.2) is 0 Å². The highest BCUT2D eigenvalue weighted by Crippen LogP contribution is 2.33. The van der Waals surface area contributed by atoms with Crippen molar-refractivity contribution in [1.29, 1.82) is 0 Å². The van der Waals surface area contributed by atoms with E-state index in [0.717, 1.165) is 23.6 Å². The molecule has 1 saturated carbocycles. The summed E-state index contributed by atoms with van der Waals surface area (Å²) in [7, 11) is -3.78. The van der Waals surface area contributed by atoms with Gasteiger partial charge in [0.25, 0.3) is 5.91 Å². The van der Waals surface area contributed by atoms with Crippen molar-refractivity contribution in [3.05, 3.63) is 60.2 Å². The van der Waals surface area contributed by atoms with Crippen LogP contribution in [0, 0.1) is 5.92 Å². The van der Waals surface area contributed by atoms with E-state index in [0.29, 0.717) is 18.8 Å². The van der Waals surface area contributed by atoms with Crippen molar-refractivity contribution >= 4 is 44.0 Å². The van der Waals surface area contributed by atoms with Crippen LogP contribution in [0.1, 0.15) is 37.0 Å². The number of phenols is 1. The topological polar surface area (TPSA) is 116 Å². The quantitative estimate of drug-likeness (QED) is 0.418. The number of amides is 2. The first kappa shape index (κ1) is 23.7. The van der Waals surface area contributed by atoms with Crippen molar-refractivity contribution in [3.8, 4) is 5.75 Å². The maximum Gasteiger partial charge on any atom is 0.257 e. The molecule has 2 amide bonds. The van der Waals surface area contributed by atoms with E-state index in [1.165, 1.54) is 22.5 Å². The molecule has 3 N–H and O–H groups in total. The van der Waals surface area contributed by atoms with Gasteiger partial charge >= 0.3 is 0 Å². The van der Waals surface area contributed by atoms with Crippen LogP contribution in [0.3, 0.4) is 0 Å². The van der Waals surface area contributed by atoms with Crippen LogP contribution >= 0.6 is 0 Å². The fraction of sp³-hybridized carbons (Fsp3) is 0.280. The van der Waals surface area contributed by atoms with Crippen LogP contribution in [0.4, 0.5) is 11.4 Å². The van der Waals surface area contributed by atoms with Gasteiger partial charge in [-0.15, -0.1) is 0 Å². The Hall–Kier alpha value is -3.43. The molecule has 1 aliphatic rings. The summed E-state index contributed by atoms with van der Waals surface area (Å²) < 4.78 is 27.1. The third-order valence-electron chi connectivity index (χ3n) is 5.90. The zero-order chi connectivity index (χ0) is 24.5. The number of hydrogen-bond donors (Lipinski definition) is 3. The van der Waals surface area contributed by atoms with Crippen molar-refractivity contribution in [2.24, 2.45) is 5.92 Å². The Kier molecular flexibility index (Phi) is 6.58. The number of nitrogens with one attached hydrogen (secondary N) is 2. The molecule has 0 bridgehead atoms. The summed E-state index contributed by atoms with van der Waals surface area (Å²) in [5, 5.41) is 17.5. The number of phenolic OH excluding ortho intramolecular Hbond substituents is 1. The fourth-order valence-corrected chi connectivity index (χ4v) is 5.27. The summed E-state index contributed by atoms with van der Waals surface area (Å²) in [6.45, 7) is 4.06. The minimum Gasteiger partial charge on any atom is -0.506 e. The number of anilines is 2. The lowest BCUT2D eigenvalue weighted by atomic mass is 10.0. The number of nitrogens with zero attached hydrogens (tertiary/aromatic N) is 1. The predicted octanol–water partition coefficient (Wildman–Crippen LogP) is 4.18. The second kappa shape index (κ2) is 9.44. The number of benzene rings is 3. The largest absolute Gasteiger partial charge is 0.506 e. The zero-order valence-corrected chi connectivity index (χ0v) is 19.9. The molecule has 0 radical (unpaired) electrons. The second-order valence-electron chi connectivity index (χ2n) is 8.23. The number of carbonyl (C=O) groups excluding carboxylic acids is 2. The summed E-state index contributed by atoms with van der Waals surface area (Å²) in [5.41, 5.74) is 0.537. The van der Waals surface area contributed by atoms with Gasteiger partial charge in [0.1, 0.15) is 5.75 Å².